The molecule has 1 aromatic heterocycles. The number of rotatable bonds is 2. The summed E-state index contributed by atoms with van der Waals surface area (Å²) in [4.78, 5) is 0. The fourth-order valence-corrected chi connectivity index (χ4v) is 3.36. The van der Waals surface area contributed by atoms with Crippen molar-refractivity contribution in [3.05, 3.63) is 39.5 Å². The summed E-state index contributed by atoms with van der Waals surface area (Å²) >= 11 is 12.5. The molecule has 2 aromatic rings. The molecule has 0 saturated heterocycles. The van der Waals surface area contributed by atoms with Gasteiger partial charge in [0.25, 0.3) is 0 Å². The van der Waals surface area contributed by atoms with Crippen LogP contribution in [0.4, 0.5) is 0 Å². The Morgan fingerprint density at radius 1 is 1.19 bits per heavy atom. The molecule has 2 heterocycles. The van der Waals surface area contributed by atoms with E-state index in [1.807, 2.05) is 12.1 Å². The number of hydrogen-bond acceptors (Lipinski definition) is 2. The molecular formula is C16H19Cl2N3. The summed E-state index contributed by atoms with van der Waals surface area (Å²) in [5, 5.41) is 9.61. The lowest BCUT2D eigenvalue weighted by Crippen LogP contribution is -2.17. The van der Waals surface area contributed by atoms with Gasteiger partial charge in [0.05, 0.1) is 16.4 Å². The Labute approximate surface area is 135 Å². The minimum absolute atomic E-state index is 0.298. The highest BCUT2D eigenvalue weighted by atomic mass is 35.5. The molecule has 0 aliphatic carbocycles. The second-order valence-electron chi connectivity index (χ2n) is 5.69. The van der Waals surface area contributed by atoms with Crippen LogP contribution in [0, 0.1) is 0 Å². The number of benzene rings is 1. The van der Waals surface area contributed by atoms with Gasteiger partial charge in [-0.15, -0.1) is 0 Å². The third-order valence-corrected chi connectivity index (χ3v) is 4.41. The standard InChI is InChI=1S/C16H19Cl2N3/c1-10(2)21-16(12-4-3-11(17)9-14(12)18)13-5-7-19-8-6-15(13)20-21/h3-4,9-10,19H,5-8H2,1-2H3. The maximum absolute atomic E-state index is 6.44. The number of fused-ring (bicyclic) bond motifs is 1. The topological polar surface area (TPSA) is 29.9 Å². The fraction of sp³-hybridized carbons (Fsp3) is 0.438. The van der Waals surface area contributed by atoms with Crippen LogP contribution in [0.2, 0.25) is 10.0 Å². The molecule has 0 saturated carbocycles. The van der Waals surface area contributed by atoms with Crippen molar-refractivity contribution in [3.8, 4) is 11.3 Å². The predicted octanol–water partition coefficient (Wildman–Crippen LogP) is 4.13. The molecule has 112 valence electrons. The Morgan fingerprint density at radius 3 is 2.67 bits per heavy atom. The summed E-state index contributed by atoms with van der Waals surface area (Å²) < 4.78 is 2.10. The van der Waals surface area contributed by atoms with Crippen LogP contribution in [0.25, 0.3) is 11.3 Å². The monoisotopic (exact) mass is 323 g/mol. The van der Waals surface area contributed by atoms with Gasteiger partial charge in [-0.2, -0.15) is 5.10 Å². The minimum atomic E-state index is 0.298. The summed E-state index contributed by atoms with van der Waals surface area (Å²) in [6.45, 7) is 6.26. The van der Waals surface area contributed by atoms with E-state index in [4.69, 9.17) is 28.3 Å². The van der Waals surface area contributed by atoms with Crippen LogP contribution in [-0.2, 0) is 12.8 Å². The first-order valence-corrected chi connectivity index (χ1v) is 8.10. The number of nitrogens with zero attached hydrogens (tertiary/aromatic N) is 2. The van der Waals surface area contributed by atoms with E-state index in [9.17, 15) is 0 Å². The van der Waals surface area contributed by atoms with Crippen molar-refractivity contribution in [2.45, 2.75) is 32.7 Å². The lowest BCUT2D eigenvalue weighted by Gasteiger charge is -2.14. The van der Waals surface area contributed by atoms with Crippen molar-refractivity contribution in [2.75, 3.05) is 13.1 Å². The average molecular weight is 324 g/mol. The molecular weight excluding hydrogens is 305 g/mol. The van der Waals surface area contributed by atoms with E-state index in [-0.39, 0.29) is 0 Å². The van der Waals surface area contributed by atoms with Crippen LogP contribution in [0.1, 0.15) is 31.1 Å². The first-order chi connectivity index (χ1) is 10.1. The van der Waals surface area contributed by atoms with Gasteiger partial charge in [0.2, 0.25) is 0 Å². The molecule has 0 fully saturated rings. The van der Waals surface area contributed by atoms with Crippen LogP contribution in [-0.4, -0.2) is 22.9 Å². The van der Waals surface area contributed by atoms with Gasteiger partial charge >= 0.3 is 0 Å². The minimum Gasteiger partial charge on any atom is -0.316 e. The van der Waals surface area contributed by atoms with Crippen molar-refractivity contribution in [3.63, 3.8) is 0 Å². The number of nitrogens with one attached hydrogen (secondary N) is 1. The van der Waals surface area contributed by atoms with E-state index in [0.717, 1.165) is 37.2 Å². The Kier molecular flexibility index (Phi) is 4.25. The predicted molar refractivity (Wildman–Crippen MR) is 88.3 cm³/mol. The van der Waals surface area contributed by atoms with Crippen molar-refractivity contribution in [1.29, 1.82) is 0 Å². The highest BCUT2D eigenvalue weighted by Gasteiger charge is 2.23. The summed E-state index contributed by atoms with van der Waals surface area (Å²) in [6, 6.07) is 5.99. The third-order valence-electron chi connectivity index (χ3n) is 3.86. The van der Waals surface area contributed by atoms with E-state index in [1.54, 1.807) is 6.07 Å². The molecule has 0 bridgehead atoms. The zero-order chi connectivity index (χ0) is 15.0. The number of hydrogen-bond donors (Lipinski definition) is 1. The molecule has 1 aromatic carbocycles. The zero-order valence-electron chi connectivity index (χ0n) is 12.3. The van der Waals surface area contributed by atoms with E-state index in [1.165, 1.54) is 11.3 Å². The van der Waals surface area contributed by atoms with Crippen molar-refractivity contribution >= 4 is 23.2 Å². The molecule has 0 atom stereocenters. The molecule has 0 amide bonds. The summed E-state index contributed by atoms with van der Waals surface area (Å²) in [6.07, 6.45) is 1.95. The normalized spacial score (nSPS) is 15.1. The SMILES string of the molecule is CC(C)n1nc2c(c1-c1ccc(Cl)cc1Cl)CCNCC2. The molecule has 1 aliphatic heterocycles. The second-order valence-corrected chi connectivity index (χ2v) is 6.53. The van der Waals surface area contributed by atoms with Crippen LogP contribution in [0.5, 0.6) is 0 Å². The molecule has 1 aliphatic rings. The highest BCUT2D eigenvalue weighted by molar-refractivity contribution is 6.36. The van der Waals surface area contributed by atoms with Crippen molar-refractivity contribution < 1.29 is 0 Å². The lowest BCUT2D eigenvalue weighted by atomic mass is 10.0. The van der Waals surface area contributed by atoms with Gasteiger partial charge in [0.1, 0.15) is 0 Å². The van der Waals surface area contributed by atoms with Crippen LogP contribution in [0.3, 0.4) is 0 Å². The average Bonchev–Trinajstić information content (AvgIpc) is 2.63. The quantitative estimate of drug-likeness (QED) is 0.900. The first kappa shape index (κ1) is 14.9. The van der Waals surface area contributed by atoms with Crippen LogP contribution in [0.15, 0.2) is 18.2 Å². The van der Waals surface area contributed by atoms with Gasteiger partial charge in [0, 0.05) is 35.2 Å². The van der Waals surface area contributed by atoms with Crippen LogP contribution >= 0.6 is 23.2 Å². The Morgan fingerprint density at radius 2 is 1.95 bits per heavy atom. The molecule has 5 heteroatoms. The number of aromatic nitrogens is 2. The maximum Gasteiger partial charge on any atom is 0.0735 e. The van der Waals surface area contributed by atoms with Gasteiger partial charge in [-0.1, -0.05) is 23.2 Å². The molecule has 0 unspecified atom stereocenters. The van der Waals surface area contributed by atoms with Gasteiger partial charge in [-0.05, 0) is 45.0 Å². The Balaban J connectivity index is 2.21. The molecule has 0 radical (unpaired) electrons. The zero-order valence-corrected chi connectivity index (χ0v) is 13.8. The van der Waals surface area contributed by atoms with E-state index in [2.05, 4.69) is 23.8 Å². The van der Waals surface area contributed by atoms with E-state index < -0.39 is 0 Å². The smallest absolute Gasteiger partial charge is 0.0735 e. The first-order valence-electron chi connectivity index (χ1n) is 7.34. The highest BCUT2D eigenvalue weighted by Crippen LogP contribution is 2.36. The molecule has 0 spiro atoms. The summed E-state index contributed by atoms with van der Waals surface area (Å²) in [5.74, 6) is 0. The van der Waals surface area contributed by atoms with Gasteiger partial charge in [-0.25, -0.2) is 0 Å². The van der Waals surface area contributed by atoms with E-state index in [0.29, 0.717) is 16.1 Å². The summed E-state index contributed by atoms with van der Waals surface area (Å²) in [7, 11) is 0. The van der Waals surface area contributed by atoms with Crippen LogP contribution < -0.4 is 5.32 Å². The molecule has 21 heavy (non-hydrogen) atoms. The van der Waals surface area contributed by atoms with Crippen molar-refractivity contribution in [1.82, 2.24) is 15.1 Å². The summed E-state index contributed by atoms with van der Waals surface area (Å²) in [5.41, 5.74) is 4.67. The van der Waals surface area contributed by atoms with Crippen molar-refractivity contribution in [2.24, 2.45) is 0 Å². The second kappa shape index (κ2) is 5.99. The molecule has 3 rings (SSSR count). The lowest BCUT2D eigenvalue weighted by molar-refractivity contribution is 0.529. The fourth-order valence-electron chi connectivity index (χ4n) is 2.87. The van der Waals surface area contributed by atoms with Gasteiger partial charge in [-0.3, -0.25) is 4.68 Å². The van der Waals surface area contributed by atoms with Gasteiger partial charge in [0.15, 0.2) is 0 Å². The molecule has 1 N–H and O–H groups in total. The van der Waals surface area contributed by atoms with Gasteiger partial charge < -0.3 is 5.32 Å². The van der Waals surface area contributed by atoms with E-state index >= 15 is 0 Å². The maximum atomic E-state index is 6.44. The Bertz CT molecular complexity index is 662. The third kappa shape index (κ3) is 2.83. The number of halogens is 2. The Hall–Kier alpha value is -1.03. The largest absolute Gasteiger partial charge is 0.316 e. The molecule has 3 nitrogen and oxygen atoms in total.